The second kappa shape index (κ2) is 7.29. The third-order valence-electron chi connectivity index (χ3n) is 0.381. The highest BCUT2D eigenvalue weighted by Gasteiger charge is 2.09. The maximum atomic E-state index is 9.56. The molecule has 0 aliphatic carbocycles. The van der Waals surface area contributed by atoms with Gasteiger partial charge in [-0.1, -0.05) is 0 Å². The Morgan fingerprint density at radius 2 is 1.70 bits per heavy atom. The van der Waals surface area contributed by atoms with Crippen LogP contribution in [0.4, 0.5) is 0 Å². The van der Waals surface area contributed by atoms with Crippen LogP contribution in [0.25, 0.3) is 0 Å². The summed E-state index contributed by atoms with van der Waals surface area (Å²) in [7, 11) is -1.46. The Bertz CT molecular complexity index is 117. The summed E-state index contributed by atoms with van der Waals surface area (Å²) in [6, 6.07) is 0. The van der Waals surface area contributed by atoms with Crippen LogP contribution in [-0.2, 0) is 4.79 Å². The zero-order valence-electron chi connectivity index (χ0n) is 6.32. The van der Waals surface area contributed by atoms with E-state index in [4.69, 9.17) is 23.2 Å². The average Bonchev–Trinajstić information content (AvgIpc) is 1.63. The van der Waals surface area contributed by atoms with Gasteiger partial charge in [0.15, 0.2) is 8.24 Å². The van der Waals surface area contributed by atoms with Gasteiger partial charge < -0.3 is 0 Å². The van der Waals surface area contributed by atoms with Gasteiger partial charge in [0.25, 0.3) is 0 Å². The van der Waals surface area contributed by atoms with Gasteiger partial charge in [-0.05, 0) is 19.6 Å². The van der Waals surface area contributed by atoms with Crippen LogP contribution < -0.4 is 0 Å². The highest BCUT2D eigenvalue weighted by atomic mass is 35.5. The molecular weight excluding hydrogens is 189 g/mol. The number of hydrogen-bond acceptors (Lipinski definition) is 2. The quantitative estimate of drug-likeness (QED) is 0.277. The van der Waals surface area contributed by atoms with Crippen LogP contribution in [0.15, 0.2) is 4.66 Å². The second-order valence-corrected chi connectivity index (χ2v) is 7.85. The SMILES string of the molecule is C[Si](C)(C)N=C=O.ClCCl. The van der Waals surface area contributed by atoms with Crippen molar-refractivity contribution in [3.8, 4) is 0 Å². The van der Waals surface area contributed by atoms with Crippen molar-refractivity contribution in [1.29, 1.82) is 0 Å². The smallest absolute Gasteiger partial charge is 0.224 e. The van der Waals surface area contributed by atoms with Crippen molar-refractivity contribution in [1.82, 2.24) is 0 Å². The number of rotatable bonds is 1. The fourth-order valence-corrected chi connectivity index (χ4v) is 0.411. The molecule has 0 bridgehead atoms. The minimum atomic E-state index is -1.46. The monoisotopic (exact) mass is 199 g/mol. The zero-order chi connectivity index (χ0) is 8.62. The average molecular weight is 200 g/mol. The van der Waals surface area contributed by atoms with Crippen LogP contribution >= 0.6 is 23.2 Å². The van der Waals surface area contributed by atoms with Gasteiger partial charge in [-0.2, -0.15) is 0 Å². The predicted molar refractivity (Wildman–Crippen MR) is 48.0 cm³/mol. The molecule has 0 heterocycles. The molecule has 0 fully saturated rings. The molecule has 0 amide bonds. The summed E-state index contributed by atoms with van der Waals surface area (Å²) < 4.78 is 3.59. The summed E-state index contributed by atoms with van der Waals surface area (Å²) in [6.45, 7) is 5.95. The Labute approximate surface area is 72.3 Å². The van der Waals surface area contributed by atoms with Crippen LogP contribution in [-0.4, -0.2) is 19.7 Å². The molecule has 0 spiro atoms. The molecule has 0 atom stereocenters. The highest BCUT2D eigenvalue weighted by Crippen LogP contribution is 1.98. The lowest BCUT2D eigenvalue weighted by atomic mass is 11.7. The van der Waals surface area contributed by atoms with Crippen LogP contribution in [0.1, 0.15) is 0 Å². The van der Waals surface area contributed by atoms with E-state index in [1.54, 1.807) is 6.08 Å². The van der Waals surface area contributed by atoms with Gasteiger partial charge in [0.1, 0.15) is 0 Å². The molecule has 0 aliphatic rings. The van der Waals surface area contributed by atoms with E-state index in [1.807, 2.05) is 19.6 Å². The van der Waals surface area contributed by atoms with Gasteiger partial charge in [0.2, 0.25) is 6.08 Å². The van der Waals surface area contributed by atoms with Gasteiger partial charge in [-0.15, -0.1) is 23.2 Å². The Morgan fingerprint density at radius 3 is 1.70 bits per heavy atom. The van der Waals surface area contributed by atoms with Gasteiger partial charge >= 0.3 is 0 Å². The standard InChI is InChI=1S/C4H9NOSi.CH2Cl2/c1-7(2,3)5-4-6;2-1-3/h1-3H3;1H2. The number of isocyanates is 1. The van der Waals surface area contributed by atoms with Crippen LogP contribution in [0, 0.1) is 0 Å². The molecule has 0 aromatic rings. The number of carbonyl (C=O) groups excluding carboxylic acids is 1. The normalized spacial score (nSPS) is 8.90. The summed E-state index contributed by atoms with van der Waals surface area (Å²) in [5.74, 6) is 0. The minimum Gasteiger partial charge on any atom is -0.248 e. The third kappa shape index (κ3) is 24.1. The van der Waals surface area contributed by atoms with Crippen molar-refractivity contribution in [3.05, 3.63) is 0 Å². The van der Waals surface area contributed by atoms with Crippen molar-refractivity contribution < 1.29 is 4.79 Å². The van der Waals surface area contributed by atoms with E-state index in [2.05, 4.69) is 4.66 Å². The van der Waals surface area contributed by atoms with Crippen LogP contribution in [0.2, 0.25) is 19.6 Å². The molecule has 0 N–H and O–H groups in total. The lowest BCUT2D eigenvalue weighted by Crippen LogP contribution is -2.14. The molecule has 0 saturated carbocycles. The van der Waals surface area contributed by atoms with Crippen molar-refractivity contribution >= 4 is 37.5 Å². The van der Waals surface area contributed by atoms with Gasteiger partial charge in [0.05, 0.1) is 5.34 Å². The number of alkyl halides is 2. The first-order valence-electron chi connectivity index (χ1n) is 2.69. The molecule has 0 radical (unpaired) electrons. The first-order valence-corrected chi connectivity index (χ1v) is 7.20. The van der Waals surface area contributed by atoms with E-state index < -0.39 is 8.24 Å². The first kappa shape index (κ1) is 12.8. The molecule has 10 heavy (non-hydrogen) atoms. The molecule has 60 valence electrons. The van der Waals surface area contributed by atoms with E-state index in [0.717, 1.165) is 0 Å². The predicted octanol–water partition coefficient (Wildman–Crippen LogP) is 2.58. The molecule has 0 saturated heterocycles. The molecule has 0 unspecified atom stereocenters. The molecular formula is C5H11Cl2NOSi. The highest BCUT2D eigenvalue weighted by molar-refractivity contribution is 6.74. The van der Waals surface area contributed by atoms with E-state index in [-0.39, 0.29) is 5.34 Å². The summed E-state index contributed by atoms with van der Waals surface area (Å²) in [5, 5.41) is 0.194. The van der Waals surface area contributed by atoms with Crippen LogP contribution in [0.3, 0.4) is 0 Å². The maximum Gasteiger partial charge on any atom is 0.224 e. The summed E-state index contributed by atoms with van der Waals surface area (Å²) in [5.41, 5.74) is 0. The third-order valence-corrected chi connectivity index (χ3v) is 1.14. The Balaban J connectivity index is 0. The summed E-state index contributed by atoms with van der Waals surface area (Å²) in [4.78, 5) is 9.56. The molecule has 0 aromatic heterocycles. The molecule has 0 aromatic carbocycles. The second-order valence-electron chi connectivity index (χ2n) is 2.47. The van der Waals surface area contributed by atoms with Gasteiger partial charge in [0, 0.05) is 0 Å². The van der Waals surface area contributed by atoms with Gasteiger partial charge in [-0.25, -0.2) is 9.45 Å². The van der Waals surface area contributed by atoms with Crippen LogP contribution in [0.5, 0.6) is 0 Å². The fourth-order valence-electron chi connectivity index (χ4n) is 0.137. The lowest BCUT2D eigenvalue weighted by Gasteiger charge is -2.01. The molecule has 0 rings (SSSR count). The zero-order valence-corrected chi connectivity index (χ0v) is 8.83. The first-order chi connectivity index (χ1) is 4.47. The van der Waals surface area contributed by atoms with Crippen molar-refractivity contribution in [2.45, 2.75) is 19.6 Å². The topological polar surface area (TPSA) is 29.4 Å². The summed E-state index contributed by atoms with van der Waals surface area (Å²) in [6.07, 6.45) is 1.54. The van der Waals surface area contributed by atoms with E-state index in [0.29, 0.717) is 0 Å². The Morgan fingerprint density at radius 1 is 1.40 bits per heavy atom. The minimum absolute atomic E-state index is 0.194. The molecule has 2 nitrogen and oxygen atoms in total. The van der Waals surface area contributed by atoms with Crippen molar-refractivity contribution in [2.75, 3.05) is 5.34 Å². The Hall–Kier alpha value is 0.177. The number of hydrogen-bond donors (Lipinski definition) is 0. The van der Waals surface area contributed by atoms with E-state index in [1.165, 1.54) is 0 Å². The lowest BCUT2D eigenvalue weighted by molar-refractivity contribution is 0.566. The van der Waals surface area contributed by atoms with E-state index in [9.17, 15) is 4.79 Å². The maximum absolute atomic E-state index is 9.56. The van der Waals surface area contributed by atoms with Crippen molar-refractivity contribution in [2.24, 2.45) is 4.66 Å². The summed E-state index contributed by atoms with van der Waals surface area (Å²) >= 11 is 9.53. The largest absolute Gasteiger partial charge is 0.248 e. The molecule has 0 aliphatic heterocycles. The molecule has 5 heteroatoms. The Kier molecular flexibility index (Phi) is 9.34. The van der Waals surface area contributed by atoms with E-state index >= 15 is 0 Å². The number of nitrogens with zero attached hydrogens (tertiary/aromatic N) is 1. The van der Waals surface area contributed by atoms with Crippen molar-refractivity contribution in [3.63, 3.8) is 0 Å². The number of halogens is 2. The fraction of sp³-hybridized carbons (Fsp3) is 0.800. The van der Waals surface area contributed by atoms with Gasteiger partial charge in [-0.3, -0.25) is 0 Å².